The highest BCUT2D eigenvalue weighted by Crippen LogP contribution is 2.53. The van der Waals surface area contributed by atoms with E-state index < -0.39 is 17.1 Å². The Bertz CT molecular complexity index is 1930. The molecule has 208 valence electrons. The molecule has 1 saturated heterocycles. The van der Waals surface area contributed by atoms with E-state index in [0.29, 0.717) is 21.3 Å². The van der Waals surface area contributed by atoms with Gasteiger partial charge in [-0.1, -0.05) is 106 Å². The van der Waals surface area contributed by atoms with E-state index in [1.54, 1.807) is 24.3 Å². The number of nitrogens with zero attached hydrogens (tertiary/aromatic N) is 2. The molecule has 4 aromatic carbocycles. The molecule has 0 aliphatic carbocycles. The number of halogens is 1. The van der Waals surface area contributed by atoms with Gasteiger partial charge >= 0.3 is 4.87 Å². The normalized spacial score (nSPS) is 19.5. The summed E-state index contributed by atoms with van der Waals surface area (Å²) in [4.78, 5) is 56.1. The van der Waals surface area contributed by atoms with Crippen LogP contribution in [0.4, 0.5) is 11.4 Å². The lowest BCUT2D eigenvalue weighted by molar-refractivity contribution is -0.122. The highest BCUT2D eigenvalue weighted by Gasteiger charge is 2.56. The van der Waals surface area contributed by atoms with Crippen LogP contribution in [0.3, 0.4) is 0 Å². The van der Waals surface area contributed by atoms with Gasteiger partial charge in [0.15, 0.2) is 0 Å². The van der Waals surface area contributed by atoms with Gasteiger partial charge in [-0.2, -0.15) is 0 Å². The lowest BCUT2D eigenvalue weighted by Gasteiger charge is -2.30. The van der Waals surface area contributed by atoms with Gasteiger partial charge < -0.3 is 5.32 Å². The molecule has 5 aromatic rings. The fourth-order valence-electron chi connectivity index (χ4n) is 5.79. The van der Waals surface area contributed by atoms with Crippen LogP contribution in [-0.2, 0) is 20.9 Å². The van der Waals surface area contributed by atoms with Crippen molar-refractivity contribution in [2.75, 3.05) is 10.2 Å². The number of amides is 3. The van der Waals surface area contributed by atoms with Crippen LogP contribution < -0.4 is 15.1 Å². The maximum atomic E-state index is 13.9. The second-order valence-corrected chi connectivity index (χ2v) is 13.2. The monoisotopic (exact) mass is 655 g/mol. The van der Waals surface area contributed by atoms with Gasteiger partial charge in [0.2, 0.25) is 17.7 Å². The van der Waals surface area contributed by atoms with Gasteiger partial charge in [-0.15, -0.1) is 0 Å². The summed E-state index contributed by atoms with van der Waals surface area (Å²) < 4.78 is 2.28. The van der Waals surface area contributed by atoms with E-state index in [1.165, 1.54) is 21.2 Å². The molecule has 0 bridgehead atoms. The average Bonchev–Trinajstić information content (AvgIpc) is 3.44. The number of anilines is 2. The van der Waals surface area contributed by atoms with Crippen molar-refractivity contribution < 1.29 is 14.4 Å². The third-order valence-corrected chi connectivity index (χ3v) is 10.8. The maximum Gasteiger partial charge on any atom is 0.308 e. The number of thioether (sulfide) groups is 1. The van der Waals surface area contributed by atoms with Crippen LogP contribution in [0.1, 0.15) is 16.4 Å². The minimum atomic E-state index is -0.736. The molecule has 2 aliphatic rings. The summed E-state index contributed by atoms with van der Waals surface area (Å²) >= 11 is 5.66. The number of carbonyl (C=O) groups excluding carboxylic acids is 3. The average molecular weight is 657 g/mol. The Hall–Kier alpha value is -3.99. The van der Waals surface area contributed by atoms with Crippen LogP contribution in [0.25, 0.3) is 10.8 Å². The number of hydrogen-bond donors (Lipinski definition) is 1. The van der Waals surface area contributed by atoms with Crippen LogP contribution in [0.15, 0.2) is 111 Å². The minimum absolute atomic E-state index is 0.210. The highest BCUT2D eigenvalue weighted by atomic mass is 79.9. The predicted octanol–water partition coefficient (Wildman–Crippen LogP) is 6.26. The van der Waals surface area contributed by atoms with Gasteiger partial charge in [0, 0.05) is 26.3 Å². The fraction of sp³-hybridized carbons (Fsp3) is 0.125. The number of aromatic nitrogens is 1. The Morgan fingerprint density at radius 1 is 0.833 bits per heavy atom. The molecule has 7 rings (SSSR count). The SMILES string of the molecule is O=C(Cn1c2c(sc1=O)[C@H](c1ccccc1)C1C(=O)N(c3ccc(Br)cc3)C(=O)C1S2)Nc1cccc2ccccc12. The molecule has 3 atom stereocenters. The number of fused-ring (bicyclic) bond motifs is 3. The standard InChI is InChI=1S/C32H22BrN3O4S2/c33-20-13-15-21(16-14-20)36-29(38)26-25(19-8-2-1-3-9-19)28-31(41-27(26)30(36)39)35(32(40)42-28)17-24(37)34-23-12-6-10-18-7-4-5-11-22(18)23/h1-16,25-27H,17H2,(H,34,37)/t25-,26?,27?/m1/s1. The van der Waals surface area contributed by atoms with Crippen LogP contribution in [0.2, 0.25) is 0 Å². The molecule has 1 aromatic heterocycles. The van der Waals surface area contributed by atoms with Crippen molar-refractivity contribution in [1.82, 2.24) is 4.57 Å². The summed E-state index contributed by atoms with van der Waals surface area (Å²) in [5, 5.41) is 4.68. The number of benzene rings is 4. The number of imide groups is 1. The number of carbonyl (C=O) groups is 3. The Morgan fingerprint density at radius 2 is 1.55 bits per heavy atom. The zero-order chi connectivity index (χ0) is 29.0. The molecule has 3 heterocycles. The summed E-state index contributed by atoms with van der Waals surface area (Å²) in [7, 11) is 0. The molecule has 42 heavy (non-hydrogen) atoms. The summed E-state index contributed by atoms with van der Waals surface area (Å²) in [6.45, 7) is -0.210. The fourth-order valence-corrected chi connectivity index (χ4v) is 8.82. The largest absolute Gasteiger partial charge is 0.324 e. The van der Waals surface area contributed by atoms with Crippen molar-refractivity contribution in [3.8, 4) is 0 Å². The summed E-state index contributed by atoms with van der Waals surface area (Å²) in [6.07, 6.45) is 0. The molecular formula is C32H22BrN3O4S2. The Kier molecular flexibility index (Phi) is 6.84. The van der Waals surface area contributed by atoms with Crippen LogP contribution in [-0.4, -0.2) is 27.5 Å². The highest BCUT2D eigenvalue weighted by molar-refractivity contribution is 9.10. The second kappa shape index (κ2) is 10.7. The molecule has 0 radical (unpaired) electrons. The third-order valence-electron chi connectivity index (χ3n) is 7.66. The van der Waals surface area contributed by atoms with E-state index >= 15 is 0 Å². The maximum absolute atomic E-state index is 13.9. The zero-order valence-electron chi connectivity index (χ0n) is 21.9. The van der Waals surface area contributed by atoms with Crippen LogP contribution >= 0.6 is 39.0 Å². The van der Waals surface area contributed by atoms with Crippen molar-refractivity contribution in [3.05, 3.63) is 122 Å². The van der Waals surface area contributed by atoms with Crippen molar-refractivity contribution in [2.24, 2.45) is 5.92 Å². The van der Waals surface area contributed by atoms with E-state index in [0.717, 1.165) is 32.1 Å². The molecular weight excluding hydrogens is 634 g/mol. The molecule has 1 fully saturated rings. The van der Waals surface area contributed by atoms with E-state index in [9.17, 15) is 19.2 Å². The van der Waals surface area contributed by atoms with E-state index in [4.69, 9.17) is 0 Å². The van der Waals surface area contributed by atoms with Crippen LogP contribution in [0, 0.1) is 5.92 Å². The van der Waals surface area contributed by atoms with E-state index in [1.807, 2.05) is 72.8 Å². The molecule has 7 nitrogen and oxygen atoms in total. The molecule has 0 spiro atoms. The first-order valence-electron chi connectivity index (χ1n) is 13.3. The first-order valence-corrected chi connectivity index (χ1v) is 15.8. The number of thiazole rings is 1. The zero-order valence-corrected chi connectivity index (χ0v) is 25.1. The molecule has 10 heteroatoms. The smallest absolute Gasteiger partial charge is 0.308 e. The van der Waals surface area contributed by atoms with Gasteiger partial charge in [0.05, 0.1) is 16.6 Å². The number of nitrogens with one attached hydrogen (secondary N) is 1. The van der Waals surface area contributed by atoms with Gasteiger partial charge in [0.1, 0.15) is 11.8 Å². The third kappa shape index (κ3) is 4.50. The summed E-state index contributed by atoms with van der Waals surface area (Å²) in [5.41, 5.74) is 2.01. The first kappa shape index (κ1) is 26.9. The van der Waals surface area contributed by atoms with Gasteiger partial charge in [-0.3, -0.25) is 23.7 Å². The molecule has 1 N–H and O–H groups in total. The number of hydrogen-bond acceptors (Lipinski definition) is 6. The first-order chi connectivity index (χ1) is 20.4. The lowest BCUT2D eigenvalue weighted by Crippen LogP contribution is -2.33. The van der Waals surface area contributed by atoms with E-state index in [2.05, 4.69) is 21.2 Å². The van der Waals surface area contributed by atoms with Crippen molar-refractivity contribution in [2.45, 2.75) is 22.7 Å². The van der Waals surface area contributed by atoms with Gasteiger partial charge in [0.25, 0.3) is 0 Å². The minimum Gasteiger partial charge on any atom is -0.324 e. The van der Waals surface area contributed by atoms with E-state index in [-0.39, 0.29) is 29.1 Å². The summed E-state index contributed by atoms with van der Waals surface area (Å²) in [6, 6.07) is 30.0. The Morgan fingerprint density at radius 3 is 2.33 bits per heavy atom. The topological polar surface area (TPSA) is 88.5 Å². The lowest BCUT2D eigenvalue weighted by atomic mass is 9.83. The number of rotatable bonds is 5. The summed E-state index contributed by atoms with van der Waals surface area (Å²) in [5.74, 6) is -2.14. The quantitative estimate of drug-likeness (QED) is 0.226. The molecule has 2 unspecified atom stereocenters. The molecule has 3 amide bonds. The van der Waals surface area contributed by atoms with Crippen LogP contribution in [0.5, 0.6) is 0 Å². The van der Waals surface area contributed by atoms with Crippen molar-refractivity contribution in [3.63, 3.8) is 0 Å². The Labute approximate surface area is 257 Å². The van der Waals surface area contributed by atoms with Crippen molar-refractivity contribution in [1.29, 1.82) is 0 Å². The van der Waals surface area contributed by atoms with Crippen molar-refractivity contribution >= 4 is 78.9 Å². The Balaban J connectivity index is 1.27. The van der Waals surface area contributed by atoms with Gasteiger partial charge in [-0.25, -0.2) is 4.90 Å². The predicted molar refractivity (Wildman–Crippen MR) is 169 cm³/mol. The van der Waals surface area contributed by atoms with Gasteiger partial charge in [-0.05, 0) is 41.3 Å². The molecule has 2 aliphatic heterocycles. The second-order valence-electron chi connectivity index (χ2n) is 10.1. The molecule has 0 saturated carbocycles.